The number of ketones is 1. The molecular weight excluding hydrogens is 469 g/mol. The molecule has 0 aliphatic heterocycles. The minimum Gasteiger partial charge on any atom is -0.348 e. The predicted molar refractivity (Wildman–Crippen MR) is 129 cm³/mol. The van der Waals surface area contributed by atoms with Crippen molar-refractivity contribution in [2.24, 2.45) is 5.73 Å². The summed E-state index contributed by atoms with van der Waals surface area (Å²) in [7, 11) is 0. The largest absolute Gasteiger partial charge is 0.348 e. The lowest BCUT2D eigenvalue weighted by Crippen LogP contribution is -2.30. The predicted octanol–water partition coefficient (Wildman–Crippen LogP) is 4.02. The lowest BCUT2D eigenvalue weighted by atomic mass is 10.0. The number of thioether (sulfide) groups is 1. The molecule has 0 radical (unpaired) electrons. The van der Waals surface area contributed by atoms with Gasteiger partial charge in [0.2, 0.25) is 5.91 Å². The van der Waals surface area contributed by atoms with Gasteiger partial charge >= 0.3 is 0 Å². The summed E-state index contributed by atoms with van der Waals surface area (Å²) >= 11 is 14.2. The van der Waals surface area contributed by atoms with Crippen LogP contribution in [-0.2, 0) is 17.1 Å². The van der Waals surface area contributed by atoms with Gasteiger partial charge in [-0.3, -0.25) is 14.2 Å². The monoisotopic (exact) mass is 491 g/mol. The van der Waals surface area contributed by atoms with Gasteiger partial charge in [-0.1, -0.05) is 42.3 Å². The summed E-state index contributed by atoms with van der Waals surface area (Å²) in [5, 5.41) is 12.1. The van der Waals surface area contributed by atoms with Crippen LogP contribution in [0.5, 0.6) is 0 Å². The number of amides is 1. The minimum atomic E-state index is -0.315. The number of halogens is 2. The highest BCUT2D eigenvalue weighted by molar-refractivity contribution is 7.98. The van der Waals surface area contributed by atoms with E-state index in [0.717, 1.165) is 12.2 Å². The van der Waals surface area contributed by atoms with E-state index in [1.54, 1.807) is 58.8 Å². The SMILES string of the molecule is CCCSCc1nnc(CNC(=O)CN)n1-c1ccc(Cl)cc1C(=O)c1ccccc1Cl. The first kappa shape index (κ1) is 24.3. The average molecular weight is 492 g/mol. The van der Waals surface area contributed by atoms with Gasteiger partial charge in [-0.15, -0.1) is 10.2 Å². The van der Waals surface area contributed by atoms with Gasteiger partial charge in [0.05, 0.1) is 29.6 Å². The lowest BCUT2D eigenvalue weighted by Gasteiger charge is -2.16. The summed E-state index contributed by atoms with van der Waals surface area (Å²) in [5.74, 6) is 2.10. The number of carbonyl (C=O) groups excluding carboxylic acids is 2. The van der Waals surface area contributed by atoms with Crippen LogP contribution in [0.25, 0.3) is 5.69 Å². The smallest absolute Gasteiger partial charge is 0.234 e. The summed E-state index contributed by atoms with van der Waals surface area (Å²) in [5.41, 5.74) is 6.69. The molecule has 1 amide bonds. The molecule has 3 rings (SSSR count). The minimum absolute atomic E-state index is 0.115. The fourth-order valence-corrected chi connectivity index (χ4v) is 4.27. The Bertz CT molecular complexity index is 1120. The zero-order valence-electron chi connectivity index (χ0n) is 17.5. The highest BCUT2D eigenvalue weighted by atomic mass is 35.5. The first-order chi connectivity index (χ1) is 15.5. The molecule has 0 spiro atoms. The molecule has 0 unspecified atom stereocenters. The molecule has 0 saturated carbocycles. The van der Waals surface area contributed by atoms with Crippen LogP contribution in [0.2, 0.25) is 10.0 Å². The van der Waals surface area contributed by atoms with Gasteiger partial charge in [-0.25, -0.2) is 0 Å². The molecule has 0 atom stereocenters. The average Bonchev–Trinajstić information content (AvgIpc) is 3.20. The van der Waals surface area contributed by atoms with E-state index >= 15 is 0 Å². The van der Waals surface area contributed by atoms with Gasteiger partial charge < -0.3 is 11.1 Å². The Morgan fingerprint density at radius 3 is 2.56 bits per heavy atom. The molecule has 0 fully saturated rings. The van der Waals surface area contributed by atoms with E-state index in [9.17, 15) is 9.59 Å². The van der Waals surface area contributed by atoms with E-state index in [1.807, 2.05) is 0 Å². The van der Waals surface area contributed by atoms with E-state index in [4.69, 9.17) is 28.9 Å². The third-order valence-corrected chi connectivity index (χ3v) is 6.29. The van der Waals surface area contributed by atoms with E-state index in [-0.39, 0.29) is 24.8 Å². The fourth-order valence-electron chi connectivity index (χ4n) is 3.07. The second-order valence-corrected chi connectivity index (χ2v) is 8.82. The van der Waals surface area contributed by atoms with Crippen LogP contribution in [0, 0.1) is 0 Å². The van der Waals surface area contributed by atoms with E-state index < -0.39 is 0 Å². The maximum Gasteiger partial charge on any atom is 0.234 e. The van der Waals surface area contributed by atoms with Crippen molar-refractivity contribution in [3.8, 4) is 5.69 Å². The molecule has 10 heteroatoms. The molecule has 0 aliphatic carbocycles. The highest BCUT2D eigenvalue weighted by Gasteiger charge is 2.22. The molecule has 32 heavy (non-hydrogen) atoms. The van der Waals surface area contributed by atoms with E-state index in [1.165, 1.54) is 0 Å². The maximum atomic E-state index is 13.4. The number of aromatic nitrogens is 3. The normalized spacial score (nSPS) is 10.9. The molecule has 7 nitrogen and oxygen atoms in total. The number of nitrogens with two attached hydrogens (primary N) is 1. The number of nitrogens with one attached hydrogen (secondary N) is 1. The Hall–Kier alpha value is -2.39. The van der Waals surface area contributed by atoms with Crippen molar-refractivity contribution in [2.45, 2.75) is 25.6 Å². The maximum absolute atomic E-state index is 13.4. The molecular formula is C22H23Cl2N5O2S. The molecule has 0 aliphatic rings. The molecule has 1 heterocycles. The number of hydrogen-bond donors (Lipinski definition) is 2. The summed E-state index contributed by atoms with van der Waals surface area (Å²) in [6.07, 6.45) is 1.02. The molecule has 2 aromatic carbocycles. The molecule has 0 saturated heterocycles. The lowest BCUT2D eigenvalue weighted by molar-refractivity contribution is -0.119. The third kappa shape index (κ3) is 5.69. The fraction of sp³-hybridized carbons (Fsp3) is 0.273. The van der Waals surface area contributed by atoms with Gasteiger partial charge in [0.25, 0.3) is 0 Å². The van der Waals surface area contributed by atoms with Crippen LogP contribution in [0.3, 0.4) is 0 Å². The number of hydrogen-bond acceptors (Lipinski definition) is 6. The zero-order valence-corrected chi connectivity index (χ0v) is 19.8. The quantitative estimate of drug-likeness (QED) is 0.327. The number of rotatable bonds is 10. The summed E-state index contributed by atoms with van der Waals surface area (Å²) in [4.78, 5) is 25.2. The Morgan fingerprint density at radius 1 is 1.09 bits per heavy atom. The number of benzene rings is 2. The van der Waals surface area contributed by atoms with Crippen molar-refractivity contribution in [3.63, 3.8) is 0 Å². The van der Waals surface area contributed by atoms with E-state index in [0.29, 0.717) is 44.3 Å². The summed E-state index contributed by atoms with van der Waals surface area (Å²) in [6, 6.07) is 11.9. The number of nitrogens with zero attached hydrogens (tertiary/aromatic N) is 3. The second-order valence-electron chi connectivity index (χ2n) is 6.87. The van der Waals surface area contributed by atoms with Crippen LogP contribution in [0.4, 0.5) is 0 Å². The van der Waals surface area contributed by atoms with Gasteiger partial charge in [0.1, 0.15) is 5.82 Å². The molecule has 1 aromatic heterocycles. The first-order valence-electron chi connectivity index (χ1n) is 10.0. The molecule has 0 bridgehead atoms. The van der Waals surface area contributed by atoms with Crippen molar-refractivity contribution in [2.75, 3.05) is 12.3 Å². The van der Waals surface area contributed by atoms with Gasteiger partial charge in [-0.05, 0) is 42.5 Å². The van der Waals surface area contributed by atoms with Crippen molar-refractivity contribution < 1.29 is 9.59 Å². The van der Waals surface area contributed by atoms with Gasteiger partial charge in [-0.2, -0.15) is 11.8 Å². The standard InChI is InChI=1S/C22H23Cl2N5O2S/c1-2-9-32-13-20-28-27-19(12-26-21(30)11-25)29(20)18-8-7-14(23)10-16(18)22(31)15-5-3-4-6-17(15)24/h3-8,10H,2,9,11-13,25H2,1H3,(H,26,30). The third-order valence-electron chi connectivity index (χ3n) is 4.57. The van der Waals surface area contributed by atoms with Gasteiger partial charge in [0, 0.05) is 16.1 Å². The highest BCUT2D eigenvalue weighted by Crippen LogP contribution is 2.28. The molecule has 168 valence electrons. The van der Waals surface area contributed by atoms with Gasteiger partial charge in [0.15, 0.2) is 11.6 Å². The van der Waals surface area contributed by atoms with Crippen LogP contribution in [0.15, 0.2) is 42.5 Å². The zero-order chi connectivity index (χ0) is 23.1. The van der Waals surface area contributed by atoms with Crippen LogP contribution in [0.1, 0.15) is 40.9 Å². The number of carbonyl (C=O) groups is 2. The van der Waals surface area contributed by atoms with Crippen molar-refractivity contribution >= 4 is 46.7 Å². The first-order valence-corrected chi connectivity index (χ1v) is 11.9. The molecule has 3 aromatic rings. The summed E-state index contributed by atoms with van der Waals surface area (Å²) < 4.78 is 1.79. The molecule has 3 N–H and O–H groups in total. The Balaban J connectivity index is 2.11. The topological polar surface area (TPSA) is 103 Å². The van der Waals surface area contributed by atoms with Crippen LogP contribution in [-0.4, -0.2) is 38.8 Å². The summed E-state index contributed by atoms with van der Waals surface area (Å²) in [6.45, 7) is 2.08. The van der Waals surface area contributed by atoms with Crippen LogP contribution < -0.4 is 11.1 Å². The Kier molecular flexibility index (Phi) is 8.69. The van der Waals surface area contributed by atoms with Crippen molar-refractivity contribution in [1.82, 2.24) is 20.1 Å². The van der Waals surface area contributed by atoms with Crippen LogP contribution >= 0.6 is 35.0 Å². The van der Waals surface area contributed by atoms with Crippen molar-refractivity contribution in [3.05, 3.63) is 75.3 Å². The second kappa shape index (κ2) is 11.5. The van der Waals surface area contributed by atoms with E-state index in [2.05, 4.69) is 22.4 Å². The Labute approximate surface area is 200 Å². The Morgan fingerprint density at radius 2 is 1.84 bits per heavy atom. The van der Waals surface area contributed by atoms with Crippen molar-refractivity contribution in [1.29, 1.82) is 0 Å².